The molecular formula is C10H18N2OS2. The molecule has 0 saturated heterocycles. The highest BCUT2D eigenvalue weighted by molar-refractivity contribution is 7.99. The lowest BCUT2D eigenvalue weighted by Crippen LogP contribution is -2.15. The SMILES string of the molecule is CCNc1ncc(CSC(C)C(C)O)s1. The molecule has 0 radical (unpaired) electrons. The van der Waals surface area contributed by atoms with Gasteiger partial charge in [-0.15, -0.1) is 11.3 Å². The predicted molar refractivity (Wildman–Crippen MR) is 68.7 cm³/mol. The van der Waals surface area contributed by atoms with Crippen molar-refractivity contribution >= 4 is 28.2 Å². The second-order valence-corrected chi connectivity index (χ2v) is 5.90. The summed E-state index contributed by atoms with van der Waals surface area (Å²) in [5.41, 5.74) is 0. The molecule has 2 unspecified atom stereocenters. The van der Waals surface area contributed by atoms with Crippen molar-refractivity contribution in [3.63, 3.8) is 0 Å². The molecule has 0 bridgehead atoms. The van der Waals surface area contributed by atoms with Crippen LogP contribution >= 0.6 is 23.1 Å². The molecule has 15 heavy (non-hydrogen) atoms. The fourth-order valence-electron chi connectivity index (χ4n) is 0.960. The van der Waals surface area contributed by atoms with Gasteiger partial charge in [0.1, 0.15) is 0 Å². The van der Waals surface area contributed by atoms with Gasteiger partial charge in [0.15, 0.2) is 5.13 Å². The molecule has 0 amide bonds. The highest BCUT2D eigenvalue weighted by Gasteiger charge is 2.10. The van der Waals surface area contributed by atoms with E-state index in [1.54, 1.807) is 23.1 Å². The summed E-state index contributed by atoms with van der Waals surface area (Å²) in [6, 6.07) is 0. The van der Waals surface area contributed by atoms with E-state index in [2.05, 4.69) is 17.2 Å². The zero-order chi connectivity index (χ0) is 11.3. The number of anilines is 1. The van der Waals surface area contributed by atoms with Crippen LogP contribution in [0.5, 0.6) is 0 Å². The maximum atomic E-state index is 9.34. The van der Waals surface area contributed by atoms with Gasteiger partial charge in [0.05, 0.1) is 6.10 Å². The summed E-state index contributed by atoms with van der Waals surface area (Å²) >= 11 is 3.45. The fourth-order valence-corrected chi connectivity index (χ4v) is 2.86. The third-order valence-corrected chi connectivity index (χ3v) is 4.58. The maximum Gasteiger partial charge on any atom is 0.182 e. The molecule has 2 N–H and O–H groups in total. The first kappa shape index (κ1) is 12.8. The summed E-state index contributed by atoms with van der Waals surface area (Å²) in [6.45, 7) is 6.84. The zero-order valence-corrected chi connectivity index (χ0v) is 11.0. The van der Waals surface area contributed by atoms with Gasteiger partial charge >= 0.3 is 0 Å². The van der Waals surface area contributed by atoms with Crippen LogP contribution in [0.3, 0.4) is 0 Å². The number of thiazole rings is 1. The molecule has 0 aliphatic rings. The Balaban J connectivity index is 2.37. The van der Waals surface area contributed by atoms with Crippen LogP contribution in [-0.4, -0.2) is 28.0 Å². The van der Waals surface area contributed by atoms with Gasteiger partial charge in [-0.05, 0) is 13.8 Å². The van der Waals surface area contributed by atoms with Gasteiger partial charge in [-0.1, -0.05) is 6.92 Å². The van der Waals surface area contributed by atoms with Crippen LogP contribution in [0.1, 0.15) is 25.6 Å². The molecule has 0 spiro atoms. The first-order chi connectivity index (χ1) is 7.13. The monoisotopic (exact) mass is 246 g/mol. The van der Waals surface area contributed by atoms with Crippen molar-refractivity contribution in [1.82, 2.24) is 4.98 Å². The van der Waals surface area contributed by atoms with Crippen molar-refractivity contribution in [3.05, 3.63) is 11.1 Å². The van der Waals surface area contributed by atoms with Crippen molar-refractivity contribution in [3.8, 4) is 0 Å². The number of nitrogens with zero attached hydrogens (tertiary/aromatic N) is 1. The number of hydrogen-bond acceptors (Lipinski definition) is 5. The summed E-state index contributed by atoms with van der Waals surface area (Å²) in [5.74, 6) is 0.926. The Hall–Kier alpha value is -0.260. The van der Waals surface area contributed by atoms with Gasteiger partial charge in [0.2, 0.25) is 0 Å². The van der Waals surface area contributed by atoms with Crippen LogP contribution in [0.15, 0.2) is 6.20 Å². The van der Waals surface area contributed by atoms with E-state index in [4.69, 9.17) is 0 Å². The lowest BCUT2D eigenvalue weighted by molar-refractivity contribution is 0.196. The summed E-state index contributed by atoms with van der Waals surface area (Å²) in [4.78, 5) is 5.51. The van der Waals surface area contributed by atoms with E-state index in [1.165, 1.54) is 4.88 Å². The van der Waals surface area contributed by atoms with Gasteiger partial charge in [0, 0.05) is 28.6 Å². The van der Waals surface area contributed by atoms with Gasteiger partial charge in [-0.3, -0.25) is 0 Å². The summed E-state index contributed by atoms with van der Waals surface area (Å²) < 4.78 is 0. The minimum Gasteiger partial charge on any atom is -0.392 e. The number of aliphatic hydroxyl groups is 1. The standard InChI is InChI=1S/C10H18N2OS2/c1-4-11-10-12-5-9(15-10)6-14-8(3)7(2)13/h5,7-8,13H,4,6H2,1-3H3,(H,11,12). The molecule has 1 aromatic rings. The first-order valence-electron chi connectivity index (χ1n) is 5.11. The summed E-state index contributed by atoms with van der Waals surface area (Å²) in [6.07, 6.45) is 1.65. The molecule has 1 aromatic heterocycles. The average molecular weight is 246 g/mol. The van der Waals surface area contributed by atoms with E-state index >= 15 is 0 Å². The third-order valence-electron chi connectivity index (χ3n) is 2.05. The van der Waals surface area contributed by atoms with Crippen LogP contribution in [0.2, 0.25) is 0 Å². The second-order valence-electron chi connectivity index (χ2n) is 3.42. The molecule has 5 heteroatoms. The minimum absolute atomic E-state index is 0.254. The molecule has 0 aromatic carbocycles. The smallest absolute Gasteiger partial charge is 0.182 e. The van der Waals surface area contributed by atoms with Crippen LogP contribution in [0.25, 0.3) is 0 Å². The Kier molecular flexibility index (Phi) is 5.42. The number of nitrogens with one attached hydrogen (secondary N) is 1. The topological polar surface area (TPSA) is 45.2 Å². The van der Waals surface area contributed by atoms with E-state index in [0.717, 1.165) is 17.4 Å². The van der Waals surface area contributed by atoms with E-state index in [0.29, 0.717) is 0 Å². The Morgan fingerprint density at radius 3 is 2.93 bits per heavy atom. The number of hydrogen-bond donors (Lipinski definition) is 2. The van der Waals surface area contributed by atoms with Crippen molar-refractivity contribution in [2.24, 2.45) is 0 Å². The molecule has 0 fully saturated rings. The largest absolute Gasteiger partial charge is 0.392 e. The third kappa shape index (κ3) is 4.40. The van der Waals surface area contributed by atoms with E-state index in [1.807, 2.05) is 20.0 Å². The Morgan fingerprint density at radius 2 is 2.33 bits per heavy atom. The highest BCUT2D eigenvalue weighted by atomic mass is 32.2. The normalized spacial score (nSPS) is 14.9. The molecule has 1 rings (SSSR count). The molecule has 0 saturated carbocycles. The number of thioether (sulfide) groups is 1. The van der Waals surface area contributed by atoms with Gasteiger partial charge in [-0.25, -0.2) is 4.98 Å². The van der Waals surface area contributed by atoms with Gasteiger partial charge < -0.3 is 10.4 Å². The average Bonchev–Trinajstić information content (AvgIpc) is 2.62. The lowest BCUT2D eigenvalue weighted by Gasteiger charge is -2.12. The highest BCUT2D eigenvalue weighted by Crippen LogP contribution is 2.25. The molecule has 2 atom stereocenters. The summed E-state index contributed by atoms with van der Waals surface area (Å²) in [5, 5.41) is 13.8. The maximum absolute atomic E-state index is 9.34. The number of rotatable bonds is 6. The van der Waals surface area contributed by atoms with E-state index in [9.17, 15) is 5.11 Å². The fraction of sp³-hybridized carbons (Fsp3) is 0.700. The van der Waals surface area contributed by atoms with Crippen molar-refractivity contribution in [2.75, 3.05) is 11.9 Å². The Labute approximate surface area is 99.3 Å². The van der Waals surface area contributed by atoms with E-state index in [-0.39, 0.29) is 11.4 Å². The van der Waals surface area contributed by atoms with Crippen molar-refractivity contribution in [2.45, 2.75) is 37.9 Å². The molecule has 86 valence electrons. The van der Waals surface area contributed by atoms with Gasteiger partial charge in [-0.2, -0.15) is 11.8 Å². The predicted octanol–water partition coefficient (Wildman–Crippen LogP) is 2.58. The van der Waals surface area contributed by atoms with Crippen molar-refractivity contribution < 1.29 is 5.11 Å². The molecule has 3 nitrogen and oxygen atoms in total. The Morgan fingerprint density at radius 1 is 1.60 bits per heavy atom. The van der Waals surface area contributed by atoms with Gasteiger partial charge in [0.25, 0.3) is 0 Å². The van der Waals surface area contributed by atoms with Crippen LogP contribution in [0, 0.1) is 0 Å². The molecular weight excluding hydrogens is 228 g/mol. The number of aliphatic hydroxyl groups excluding tert-OH is 1. The number of aromatic nitrogens is 1. The zero-order valence-electron chi connectivity index (χ0n) is 9.36. The Bertz CT molecular complexity index is 289. The summed E-state index contributed by atoms with van der Waals surface area (Å²) in [7, 11) is 0. The van der Waals surface area contributed by atoms with Crippen LogP contribution in [0.4, 0.5) is 5.13 Å². The second kappa shape index (κ2) is 6.35. The van der Waals surface area contributed by atoms with E-state index < -0.39 is 0 Å². The first-order valence-corrected chi connectivity index (χ1v) is 6.98. The molecule has 0 aliphatic heterocycles. The lowest BCUT2D eigenvalue weighted by atomic mass is 10.3. The minimum atomic E-state index is -0.254. The molecule has 1 heterocycles. The molecule has 0 aliphatic carbocycles. The van der Waals surface area contributed by atoms with Crippen LogP contribution in [-0.2, 0) is 5.75 Å². The quantitative estimate of drug-likeness (QED) is 0.810. The van der Waals surface area contributed by atoms with Crippen LogP contribution < -0.4 is 5.32 Å². The van der Waals surface area contributed by atoms with Crippen molar-refractivity contribution in [1.29, 1.82) is 0 Å².